The van der Waals surface area contributed by atoms with Crippen molar-refractivity contribution in [3.05, 3.63) is 39.4 Å². The predicted octanol–water partition coefficient (Wildman–Crippen LogP) is 2.19. The molecule has 146 valence electrons. The van der Waals surface area contributed by atoms with Crippen LogP contribution in [-0.2, 0) is 4.79 Å². The summed E-state index contributed by atoms with van der Waals surface area (Å²) in [5.41, 5.74) is 0.751. The van der Waals surface area contributed by atoms with Crippen molar-refractivity contribution in [1.29, 1.82) is 5.26 Å². The van der Waals surface area contributed by atoms with E-state index in [0.717, 1.165) is 18.4 Å². The van der Waals surface area contributed by atoms with Crippen LogP contribution in [0.4, 0.5) is 17.5 Å². The summed E-state index contributed by atoms with van der Waals surface area (Å²) in [6, 6.07) is 3.42. The molecule has 0 spiro atoms. The second-order valence-corrected chi connectivity index (χ2v) is 7.01. The maximum Gasteiger partial charge on any atom is 0.271 e. The molecule has 0 saturated carbocycles. The Kier molecular flexibility index (Phi) is 6.11. The molecule has 1 fully saturated rings. The Hall–Kier alpha value is -3.12. The van der Waals surface area contributed by atoms with Crippen LogP contribution >= 0.6 is 11.6 Å². The molecule has 0 radical (unpaired) electrons. The summed E-state index contributed by atoms with van der Waals surface area (Å²) in [6.07, 6.45) is 4.68. The van der Waals surface area contributed by atoms with Gasteiger partial charge in [0.1, 0.15) is 17.9 Å². The molecule has 2 aromatic heterocycles. The summed E-state index contributed by atoms with van der Waals surface area (Å²) in [6.45, 7) is 3.05. The van der Waals surface area contributed by atoms with Gasteiger partial charge >= 0.3 is 0 Å². The number of likely N-dealkylation sites (tertiary alicyclic amines) is 1. The van der Waals surface area contributed by atoms with Crippen LogP contribution in [0.25, 0.3) is 0 Å². The van der Waals surface area contributed by atoms with Crippen molar-refractivity contribution >= 4 is 35.0 Å². The van der Waals surface area contributed by atoms with Crippen LogP contribution in [0.1, 0.15) is 24.8 Å². The molecule has 1 saturated heterocycles. The minimum Gasteiger partial charge on any atom is -0.365 e. The van der Waals surface area contributed by atoms with E-state index in [2.05, 4.69) is 25.6 Å². The quantitative estimate of drug-likeness (QED) is 0.700. The van der Waals surface area contributed by atoms with E-state index in [1.54, 1.807) is 11.1 Å². The van der Waals surface area contributed by atoms with Gasteiger partial charge in [0.2, 0.25) is 11.9 Å². The normalized spacial score (nSPS) is 16.3. The highest BCUT2D eigenvalue weighted by molar-refractivity contribution is 6.30. The van der Waals surface area contributed by atoms with Gasteiger partial charge in [-0.05, 0) is 25.8 Å². The first kappa shape index (κ1) is 19.6. The molecule has 0 aromatic carbocycles. The van der Waals surface area contributed by atoms with Crippen LogP contribution in [0, 0.1) is 18.3 Å². The molecule has 1 atom stereocenters. The van der Waals surface area contributed by atoms with Gasteiger partial charge in [0, 0.05) is 37.1 Å². The minimum atomic E-state index is -0.331. The number of rotatable bonds is 5. The summed E-state index contributed by atoms with van der Waals surface area (Å²) in [4.78, 5) is 36.8. The Morgan fingerprint density at radius 2 is 2.36 bits per heavy atom. The topological polar surface area (TPSA) is 127 Å². The van der Waals surface area contributed by atoms with Crippen LogP contribution in [0.5, 0.6) is 0 Å². The number of aromatic amines is 1. The first-order chi connectivity index (χ1) is 13.5. The molecule has 1 unspecified atom stereocenters. The highest BCUT2D eigenvalue weighted by Crippen LogP contribution is 2.20. The Bertz CT molecular complexity index is 969. The fraction of sp³-hybridized carbons (Fsp3) is 0.389. The first-order valence-electron chi connectivity index (χ1n) is 8.86. The van der Waals surface area contributed by atoms with Gasteiger partial charge < -0.3 is 20.5 Å². The van der Waals surface area contributed by atoms with Gasteiger partial charge in [-0.2, -0.15) is 10.2 Å². The molecule has 1 aliphatic heterocycles. The number of nitrogens with one attached hydrogen (secondary N) is 3. The van der Waals surface area contributed by atoms with E-state index in [9.17, 15) is 9.59 Å². The largest absolute Gasteiger partial charge is 0.365 e. The van der Waals surface area contributed by atoms with E-state index in [0.29, 0.717) is 23.9 Å². The first-order valence-corrected chi connectivity index (χ1v) is 9.24. The van der Waals surface area contributed by atoms with E-state index in [1.807, 2.05) is 13.0 Å². The molecule has 3 heterocycles. The maximum absolute atomic E-state index is 12.0. The van der Waals surface area contributed by atoms with E-state index in [1.165, 1.54) is 12.3 Å². The number of pyridine rings is 1. The van der Waals surface area contributed by atoms with Crippen molar-refractivity contribution in [2.24, 2.45) is 0 Å². The fourth-order valence-electron chi connectivity index (χ4n) is 3.01. The van der Waals surface area contributed by atoms with E-state index >= 15 is 0 Å². The molecule has 10 heteroatoms. The number of carbonyl (C=O) groups excluding carboxylic acids is 1. The number of piperidine rings is 1. The third kappa shape index (κ3) is 4.78. The third-order valence-corrected chi connectivity index (χ3v) is 4.65. The van der Waals surface area contributed by atoms with E-state index in [4.69, 9.17) is 16.9 Å². The van der Waals surface area contributed by atoms with Crippen molar-refractivity contribution in [2.45, 2.75) is 32.2 Å². The fourth-order valence-corrected chi connectivity index (χ4v) is 3.18. The maximum atomic E-state index is 12.0. The van der Waals surface area contributed by atoms with Crippen LogP contribution in [-0.4, -0.2) is 44.9 Å². The number of nitrogens with zero attached hydrogens (tertiary/aromatic N) is 4. The molecular weight excluding hydrogens is 382 g/mol. The zero-order chi connectivity index (χ0) is 20.1. The number of hydrogen-bond donors (Lipinski definition) is 3. The van der Waals surface area contributed by atoms with Crippen molar-refractivity contribution in [2.75, 3.05) is 23.7 Å². The van der Waals surface area contributed by atoms with Gasteiger partial charge in [-0.25, -0.2) is 4.98 Å². The lowest BCUT2D eigenvalue weighted by atomic mass is 10.1. The summed E-state index contributed by atoms with van der Waals surface area (Å²) >= 11 is 5.91. The number of anilines is 3. The lowest BCUT2D eigenvalue weighted by Crippen LogP contribution is -2.45. The highest BCUT2D eigenvalue weighted by Gasteiger charge is 2.24. The molecule has 3 rings (SSSR count). The summed E-state index contributed by atoms with van der Waals surface area (Å²) < 4.78 is 0. The summed E-state index contributed by atoms with van der Waals surface area (Å²) in [5.74, 6) is 0.723. The van der Waals surface area contributed by atoms with Gasteiger partial charge in [0.15, 0.2) is 0 Å². The predicted molar refractivity (Wildman–Crippen MR) is 106 cm³/mol. The van der Waals surface area contributed by atoms with Gasteiger partial charge in [-0.3, -0.25) is 9.59 Å². The standard InChI is InChI=1S/C18H20ClN7O2/c1-11-8-22-18(24-14-7-12(19)9-21-17(14)28)25-16(11)23-13-3-2-6-26(10-13)15(27)4-5-20/h7-9,13H,2-4,6,10H2,1H3,(H,21,28)(H2,22,23,24,25). The smallest absolute Gasteiger partial charge is 0.271 e. The van der Waals surface area contributed by atoms with Gasteiger partial charge in [0.05, 0.1) is 11.1 Å². The monoisotopic (exact) mass is 401 g/mol. The van der Waals surface area contributed by atoms with Crippen molar-refractivity contribution < 1.29 is 4.79 Å². The van der Waals surface area contributed by atoms with E-state index in [-0.39, 0.29) is 35.6 Å². The third-order valence-electron chi connectivity index (χ3n) is 4.43. The van der Waals surface area contributed by atoms with Crippen LogP contribution in [0.3, 0.4) is 0 Å². The minimum absolute atomic E-state index is 0.0208. The number of hydrogen-bond acceptors (Lipinski definition) is 7. The number of amides is 1. The Morgan fingerprint density at radius 3 is 3.14 bits per heavy atom. The SMILES string of the molecule is Cc1cnc(Nc2cc(Cl)c[nH]c2=O)nc1NC1CCCN(C(=O)CC#N)C1. The molecule has 0 aliphatic carbocycles. The summed E-state index contributed by atoms with van der Waals surface area (Å²) in [5, 5.41) is 15.3. The molecule has 1 amide bonds. The number of halogens is 1. The molecule has 1 aliphatic rings. The van der Waals surface area contributed by atoms with Crippen LogP contribution < -0.4 is 16.2 Å². The number of H-pyrrole nitrogens is 1. The summed E-state index contributed by atoms with van der Waals surface area (Å²) in [7, 11) is 0. The molecular formula is C18H20ClN7O2. The second-order valence-electron chi connectivity index (χ2n) is 6.57. The number of carbonyl (C=O) groups is 1. The average molecular weight is 402 g/mol. The molecule has 0 bridgehead atoms. The molecule has 2 aromatic rings. The van der Waals surface area contributed by atoms with Crippen LogP contribution in [0.15, 0.2) is 23.3 Å². The van der Waals surface area contributed by atoms with E-state index < -0.39 is 0 Å². The zero-order valence-electron chi connectivity index (χ0n) is 15.3. The highest BCUT2D eigenvalue weighted by atomic mass is 35.5. The van der Waals surface area contributed by atoms with Gasteiger partial charge in [0.25, 0.3) is 5.56 Å². The number of aryl methyl sites for hydroxylation is 1. The Morgan fingerprint density at radius 1 is 1.54 bits per heavy atom. The lowest BCUT2D eigenvalue weighted by molar-refractivity contribution is -0.131. The molecule has 9 nitrogen and oxygen atoms in total. The van der Waals surface area contributed by atoms with Crippen molar-refractivity contribution in [1.82, 2.24) is 19.9 Å². The lowest BCUT2D eigenvalue weighted by Gasteiger charge is -2.33. The number of aromatic nitrogens is 3. The Labute approximate surface area is 166 Å². The number of nitriles is 1. The van der Waals surface area contributed by atoms with Gasteiger partial charge in [-0.15, -0.1) is 0 Å². The molecule has 28 heavy (non-hydrogen) atoms. The van der Waals surface area contributed by atoms with Crippen molar-refractivity contribution in [3.63, 3.8) is 0 Å². The van der Waals surface area contributed by atoms with Crippen LogP contribution in [0.2, 0.25) is 5.02 Å². The Balaban J connectivity index is 1.73. The van der Waals surface area contributed by atoms with Gasteiger partial charge in [-0.1, -0.05) is 11.6 Å². The average Bonchev–Trinajstić information content (AvgIpc) is 2.68. The zero-order valence-corrected chi connectivity index (χ0v) is 16.1. The molecule has 3 N–H and O–H groups in total. The van der Waals surface area contributed by atoms with Crippen molar-refractivity contribution in [3.8, 4) is 6.07 Å². The second kappa shape index (κ2) is 8.71.